The second kappa shape index (κ2) is 5.59. The third-order valence-electron chi connectivity index (χ3n) is 2.04. The first kappa shape index (κ1) is 11.8. The van der Waals surface area contributed by atoms with Crippen molar-refractivity contribution in [1.82, 2.24) is 4.90 Å². The molecule has 0 bridgehead atoms. The van der Waals surface area contributed by atoms with E-state index in [1.165, 1.54) is 5.56 Å². The summed E-state index contributed by atoms with van der Waals surface area (Å²) >= 11 is 11.8. The lowest BCUT2D eigenvalue weighted by atomic mass is 10.2. The first-order valence-electron chi connectivity index (χ1n) is 4.76. The van der Waals surface area contributed by atoms with E-state index in [9.17, 15) is 0 Å². The standard InChI is InChI=1S/C11H15Cl2N/c1-3-6-14(2)8-9-4-5-10(12)11(13)7-9/h4-5,7H,3,6,8H2,1-2H3. The van der Waals surface area contributed by atoms with Gasteiger partial charge in [0.2, 0.25) is 0 Å². The van der Waals surface area contributed by atoms with Crippen LogP contribution in [0.3, 0.4) is 0 Å². The molecule has 0 spiro atoms. The lowest BCUT2D eigenvalue weighted by molar-refractivity contribution is 0.327. The maximum Gasteiger partial charge on any atom is 0.0595 e. The van der Waals surface area contributed by atoms with Gasteiger partial charge in [0, 0.05) is 6.54 Å². The van der Waals surface area contributed by atoms with Crippen molar-refractivity contribution >= 4 is 23.2 Å². The van der Waals surface area contributed by atoms with E-state index < -0.39 is 0 Å². The molecule has 0 radical (unpaired) electrons. The van der Waals surface area contributed by atoms with Crippen LogP contribution in [0.2, 0.25) is 10.0 Å². The zero-order valence-electron chi connectivity index (χ0n) is 8.56. The molecular weight excluding hydrogens is 217 g/mol. The van der Waals surface area contributed by atoms with Crippen molar-refractivity contribution in [1.29, 1.82) is 0 Å². The van der Waals surface area contributed by atoms with Crippen molar-refractivity contribution in [3.05, 3.63) is 33.8 Å². The molecule has 0 aliphatic heterocycles. The molecule has 0 aliphatic carbocycles. The van der Waals surface area contributed by atoms with Crippen molar-refractivity contribution in [3.63, 3.8) is 0 Å². The lowest BCUT2D eigenvalue weighted by Crippen LogP contribution is -2.18. The van der Waals surface area contributed by atoms with Gasteiger partial charge in [0.15, 0.2) is 0 Å². The lowest BCUT2D eigenvalue weighted by Gasteiger charge is -2.15. The van der Waals surface area contributed by atoms with E-state index in [0.29, 0.717) is 10.0 Å². The van der Waals surface area contributed by atoms with Gasteiger partial charge in [-0.25, -0.2) is 0 Å². The number of benzene rings is 1. The minimum absolute atomic E-state index is 0.619. The monoisotopic (exact) mass is 231 g/mol. The summed E-state index contributed by atoms with van der Waals surface area (Å²) in [4.78, 5) is 2.26. The molecule has 0 saturated carbocycles. The second-order valence-electron chi connectivity index (χ2n) is 3.49. The molecule has 0 amide bonds. The molecule has 78 valence electrons. The van der Waals surface area contributed by atoms with E-state index >= 15 is 0 Å². The highest BCUT2D eigenvalue weighted by atomic mass is 35.5. The quantitative estimate of drug-likeness (QED) is 0.762. The minimum Gasteiger partial charge on any atom is -0.302 e. The molecule has 0 aliphatic rings. The summed E-state index contributed by atoms with van der Waals surface area (Å²) < 4.78 is 0. The van der Waals surface area contributed by atoms with E-state index in [1.807, 2.05) is 18.2 Å². The van der Waals surface area contributed by atoms with Gasteiger partial charge in [0.25, 0.3) is 0 Å². The summed E-state index contributed by atoms with van der Waals surface area (Å²) in [6, 6.07) is 5.79. The Morgan fingerprint density at radius 1 is 1.21 bits per heavy atom. The number of hydrogen-bond donors (Lipinski definition) is 0. The minimum atomic E-state index is 0.619. The molecule has 0 saturated heterocycles. The fourth-order valence-corrected chi connectivity index (χ4v) is 1.73. The molecule has 0 aromatic heterocycles. The normalized spacial score (nSPS) is 10.9. The predicted molar refractivity (Wildman–Crippen MR) is 63.1 cm³/mol. The van der Waals surface area contributed by atoms with E-state index in [2.05, 4.69) is 18.9 Å². The van der Waals surface area contributed by atoms with Crippen LogP contribution in [-0.4, -0.2) is 18.5 Å². The average molecular weight is 232 g/mol. The summed E-state index contributed by atoms with van der Waals surface area (Å²) in [5.74, 6) is 0. The van der Waals surface area contributed by atoms with E-state index in [0.717, 1.165) is 19.5 Å². The fraction of sp³-hybridized carbons (Fsp3) is 0.455. The van der Waals surface area contributed by atoms with Gasteiger partial charge >= 0.3 is 0 Å². The molecule has 0 heterocycles. The van der Waals surface area contributed by atoms with Gasteiger partial charge in [-0.2, -0.15) is 0 Å². The highest BCUT2D eigenvalue weighted by Crippen LogP contribution is 2.22. The Morgan fingerprint density at radius 3 is 2.50 bits per heavy atom. The van der Waals surface area contributed by atoms with E-state index in [-0.39, 0.29) is 0 Å². The first-order valence-corrected chi connectivity index (χ1v) is 5.51. The maximum atomic E-state index is 5.92. The molecule has 1 aromatic carbocycles. The summed E-state index contributed by atoms with van der Waals surface area (Å²) in [6.07, 6.45) is 1.16. The zero-order chi connectivity index (χ0) is 10.6. The van der Waals surface area contributed by atoms with Crippen LogP contribution in [0.15, 0.2) is 18.2 Å². The molecule has 1 aromatic rings. The molecule has 3 heteroatoms. The first-order chi connectivity index (χ1) is 6.63. The summed E-state index contributed by atoms with van der Waals surface area (Å²) in [5, 5.41) is 1.25. The van der Waals surface area contributed by atoms with Crippen LogP contribution >= 0.6 is 23.2 Å². The second-order valence-corrected chi connectivity index (χ2v) is 4.30. The molecule has 0 unspecified atom stereocenters. The summed E-state index contributed by atoms with van der Waals surface area (Å²) in [5.41, 5.74) is 1.20. The predicted octanol–water partition coefficient (Wildman–Crippen LogP) is 3.84. The Bertz CT molecular complexity index is 299. The van der Waals surface area contributed by atoms with Gasteiger partial charge in [0.1, 0.15) is 0 Å². The molecule has 0 fully saturated rings. The van der Waals surface area contributed by atoms with Crippen LogP contribution in [0.1, 0.15) is 18.9 Å². The third kappa shape index (κ3) is 3.49. The van der Waals surface area contributed by atoms with E-state index in [4.69, 9.17) is 23.2 Å². The Labute approximate surface area is 95.6 Å². The molecular formula is C11H15Cl2N. The van der Waals surface area contributed by atoms with E-state index in [1.54, 1.807) is 0 Å². The smallest absolute Gasteiger partial charge is 0.0595 e. The van der Waals surface area contributed by atoms with Gasteiger partial charge in [-0.3, -0.25) is 0 Å². The van der Waals surface area contributed by atoms with Crippen molar-refractivity contribution in [3.8, 4) is 0 Å². The van der Waals surface area contributed by atoms with Gasteiger partial charge in [-0.15, -0.1) is 0 Å². The fourth-order valence-electron chi connectivity index (χ4n) is 1.41. The number of nitrogens with zero attached hydrogens (tertiary/aromatic N) is 1. The topological polar surface area (TPSA) is 3.24 Å². The van der Waals surface area contributed by atoms with Gasteiger partial charge < -0.3 is 4.90 Å². The van der Waals surface area contributed by atoms with Crippen LogP contribution in [0.25, 0.3) is 0 Å². The van der Waals surface area contributed by atoms with Crippen molar-refractivity contribution in [2.75, 3.05) is 13.6 Å². The Balaban J connectivity index is 2.63. The Kier molecular flexibility index (Phi) is 4.73. The molecule has 1 nitrogen and oxygen atoms in total. The van der Waals surface area contributed by atoms with Crippen LogP contribution in [0.5, 0.6) is 0 Å². The number of hydrogen-bond acceptors (Lipinski definition) is 1. The summed E-state index contributed by atoms with van der Waals surface area (Å²) in [7, 11) is 2.10. The van der Waals surface area contributed by atoms with Crippen molar-refractivity contribution in [2.24, 2.45) is 0 Å². The highest BCUT2D eigenvalue weighted by Gasteiger charge is 2.02. The Morgan fingerprint density at radius 2 is 1.93 bits per heavy atom. The zero-order valence-corrected chi connectivity index (χ0v) is 10.1. The number of rotatable bonds is 4. The van der Waals surface area contributed by atoms with Gasteiger partial charge in [-0.05, 0) is 37.7 Å². The third-order valence-corrected chi connectivity index (χ3v) is 2.78. The highest BCUT2D eigenvalue weighted by molar-refractivity contribution is 6.42. The van der Waals surface area contributed by atoms with Gasteiger partial charge in [-0.1, -0.05) is 36.2 Å². The van der Waals surface area contributed by atoms with Crippen molar-refractivity contribution < 1.29 is 0 Å². The Hall–Kier alpha value is -0.240. The molecule has 0 N–H and O–H groups in total. The summed E-state index contributed by atoms with van der Waals surface area (Å²) in [6.45, 7) is 4.19. The van der Waals surface area contributed by atoms with Gasteiger partial charge in [0.05, 0.1) is 10.0 Å². The molecule has 1 rings (SSSR count). The SMILES string of the molecule is CCCN(C)Cc1ccc(Cl)c(Cl)c1. The largest absolute Gasteiger partial charge is 0.302 e. The van der Waals surface area contributed by atoms with Crippen molar-refractivity contribution in [2.45, 2.75) is 19.9 Å². The van der Waals surface area contributed by atoms with Crippen LogP contribution in [0.4, 0.5) is 0 Å². The van der Waals surface area contributed by atoms with Crippen LogP contribution < -0.4 is 0 Å². The average Bonchev–Trinajstić information content (AvgIpc) is 2.12. The molecule has 0 atom stereocenters. The molecule has 14 heavy (non-hydrogen) atoms. The maximum absolute atomic E-state index is 5.92. The van der Waals surface area contributed by atoms with Crippen LogP contribution in [0, 0.1) is 0 Å². The number of halogens is 2. The van der Waals surface area contributed by atoms with Crippen LogP contribution in [-0.2, 0) is 6.54 Å².